The molecule has 3 rings (SSSR count). The van der Waals surface area contributed by atoms with Crippen LogP contribution in [0.15, 0.2) is 6.20 Å². The molecule has 2 saturated heterocycles. The molecule has 0 bridgehead atoms. The predicted molar refractivity (Wildman–Crippen MR) is 80.1 cm³/mol. The molecule has 20 heavy (non-hydrogen) atoms. The maximum atomic E-state index is 5.43. The van der Waals surface area contributed by atoms with Crippen LogP contribution >= 0.6 is 0 Å². The fourth-order valence-corrected chi connectivity index (χ4v) is 3.45. The molecule has 1 aromatic rings. The number of anilines is 1. The second kappa shape index (κ2) is 6.14. The molecule has 0 amide bonds. The van der Waals surface area contributed by atoms with Crippen LogP contribution < -0.4 is 10.2 Å². The Morgan fingerprint density at radius 2 is 2.10 bits per heavy atom. The fraction of sp³-hybridized carbons (Fsp3) is 0.800. The Labute approximate surface area is 121 Å². The topological polar surface area (TPSA) is 42.3 Å². The summed E-state index contributed by atoms with van der Waals surface area (Å²) in [5.41, 5.74) is 1.12. The van der Waals surface area contributed by atoms with E-state index < -0.39 is 0 Å². The molecule has 2 aliphatic heterocycles. The normalized spacial score (nSPS) is 25.4. The highest BCUT2D eigenvalue weighted by Gasteiger charge is 2.37. The molecule has 5 heteroatoms. The van der Waals surface area contributed by atoms with E-state index >= 15 is 0 Å². The Kier molecular flexibility index (Phi) is 4.27. The number of nitrogens with zero attached hydrogens (tertiary/aromatic N) is 3. The van der Waals surface area contributed by atoms with Gasteiger partial charge < -0.3 is 19.5 Å². The van der Waals surface area contributed by atoms with Crippen LogP contribution in [-0.2, 0) is 11.3 Å². The summed E-state index contributed by atoms with van der Waals surface area (Å²) in [6.07, 6.45) is 3.23. The maximum absolute atomic E-state index is 5.43. The van der Waals surface area contributed by atoms with Gasteiger partial charge >= 0.3 is 0 Å². The molecule has 2 aliphatic rings. The molecule has 2 atom stereocenters. The van der Waals surface area contributed by atoms with Crippen LogP contribution in [0.3, 0.4) is 0 Å². The van der Waals surface area contributed by atoms with Crippen molar-refractivity contribution in [3.63, 3.8) is 0 Å². The molecule has 0 aromatic carbocycles. The number of rotatable bonds is 6. The minimum atomic E-state index is 0.804. The Morgan fingerprint density at radius 1 is 1.35 bits per heavy atom. The summed E-state index contributed by atoms with van der Waals surface area (Å²) in [6, 6.07) is 0. The molecular weight excluding hydrogens is 252 g/mol. The van der Waals surface area contributed by atoms with Crippen molar-refractivity contribution in [3.8, 4) is 0 Å². The highest BCUT2D eigenvalue weighted by atomic mass is 16.5. The van der Waals surface area contributed by atoms with Gasteiger partial charge in [0.05, 0.1) is 5.69 Å². The number of hydrogen-bond donors (Lipinski definition) is 1. The molecule has 3 heterocycles. The second-order valence-electron chi connectivity index (χ2n) is 6.01. The first-order valence-electron chi connectivity index (χ1n) is 7.85. The number of ether oxygens (including phenoxy) is 1. The molecule has 112 valence electrons. The first-order chi connectivity index (χ1) is 9.78. The number of imidazole rings is 1. The van der Waals surface area contributed by atoms with Gasteiger partial charge in [-0.15, -0.1) is 0 Å². The first kappa shape index (κ1) is 13.9. The number of nitrogens with one attached hydrogen (secondary N) is 1. The molecule has 2 unspecified atom stereocenters. The monoisotopic (exact) mass is 278 g/mol. The standard InChI is InChI=1S/C15H26N4O/c1-3-20-6-4-5-18-9-12(2)17-15(18)19-10-13-7-16-8-14(13)11-19/h9,13-14,16H,3-8,10-11H2,1-2H3. The Hall–Kier alpha value is -1.07. The van der Waals surface area contributed by atoms with E-state index in [1.165, 1.54) is 13.1 Å². The van der Waals surface area contributed by atoms with E-state index in [2.05, 4.69) is 27.9 Å². The van der Waals surface area contributed by atoms with Crippen molar-refractivity contribution >= 4 is 5.95 Å². The highest BCUT2D eigenvalue weighted by molar-refractivity contribution is 5.36. The Balaban J connectivity index is 1.63. The second-order valence-corrected chi connectivity index (χ2v) is 6.01. The fourth-order valence-electron chi connectivity index (χ4n) is 3.45. The predicted octanol–water partition coefficient (Wildman–Crippen LogP) is 1.27. The van der Waals surface area contributed by atoms with Crippen LogP contribution in [0.5, 0.6) is 0 Å². The van der Waals surface area contributed by atoms with Gasteiger partial charge in [-0.1, -0.05) is 0 Å². The molecular formula is C15H26N4O. The summed E-state index contributed by atoms with van der Waals surface area (Å²) >= 11 is 0. The minimum absolute atomic E-state index is 0.804. The van der Waals surface area contributed by atoms with Crippen LogP contribution in [0.1, 0.15) is 19.0 Å². The van der Waals surface area contributed by atoms with Gasteiger partial charge in [0.15, 0.2) is 0 Å². The third-order valence-corrected chi connectivity index (χ3v) is 4.44. The number of hydrogen-bond acceptors (Lipinski definition) is 4. The van der Waals surface area contributed by atoms with Gasteiger partial charge in [-0.2, -0.15) is 0 Å². The van der Waals surface area contributed by atoms with Crippen LogP contribution in [0, 0.1) is 18.8 Å². The summed E-state index contributed by atoms with van der Waals surface area (Å²) in [5, 5.41) is 3.49. The Bertz CT molecular complexity index is 433. The summed E-state index contributed by atoms with van der Waals surface area (Å²) < 4.78 is 7.74. The summed E-state index contributed by atoms with van der Waals surface area (Å²) in [5.74, 6) is 2.78. The zero-order valence-corrected chi connectivity index (χ0v) is 12.6. The van der Waals surface area contributed by atoms with E-state index in [4.69, 9.17) is 9.72 Å². The van der Waals surface area contributed by atoms with Gasteiger partial charge in [0.2, 0.25) is 5.95 Å². The molecule has 0 spiro atoms. The molecule has 1 aromatic heterocycles. The molecule has 5 nitrogen and oxygen atoms in total. The lowest BCUT2D eigenvalue weighted by molar-refractivity contribution is 0.141. The van der Waals surface area contributed by atoms with Crippen LogP contribution in [0.4, 0.5) is 5.95 Å². The largest absolute Gasteiger partial charge is 0.382 e. The van der Waals surface area contributed by atoms with E-state index in [-0.39, 0.29) is 0 Å². The molecule has 0 aliphatic carbocycles. The molecule has 2 fully saturated rings. The van der Waals surface area contributed by atoms with Crippen molar-refractivity contribution in [1.82, 2.24) is 14.9 Å². The van der Waals surface area contributed by atoms with E-state index in [0.717, 1.165) is 62.7 Å². The van der Waals surface area contributed by atoms with E-state index in [1.54, 1.807) is 0 Å². The highest BCUT2D eigenvalue weighted by Crippen LogP contribution is 2.30. The van der Waals surface area contributed by atoms with Crippen LogP contribution in [0.25, 0.3) is 0 Å². The maximum Gasteiger partial charge on any atom is 0.205 e. The van der Waals surface area contributed by atoms with Crippen molar-refractivity contribution < 1.29 is 4.74 Å². The summed E-state index contributed by atoms with van der Waals surface area (Å²) in [6.45, 7) is 11.4. The lowest BCUT2D eigenvalue weighted by Crippen LogP contribution is -2.28. The average molecular weight is 278 g/mol. The van der Waals surface area contributed by atoms with Gasteiger partial charge in [-0.25, -0.2) is 4.98 Å². The lowest BCUT2D eigenvalue weighted by atomic mass is 10.0. The number of aromatic nitrogens is 2. The SMILES string of the molecule is CCOCCCn1cc(C)nc1N1CC2CNCC2C1. The van der Waals surface area contributed by atoms with E-state index in [9.17, 15) is 0 Å². The van der Waals surface area contributed by atoms with Gasteiger partial charge in [0.1, 0.15) is 0 Å². The van der Waals surface area contributed by atoms with Gasteiger partial charge in [-0.05, 0) is 32.1 Å². The quantitative estimate of drug-likeness (QED) is 0.796. The first-order valence-corrected chi connectivity index (χ1v) is 7.85. The minimum Gasteiger partial charge on any atom is -0.382 e. The molecule has 1 N–H and O–H groups in total. The number of aryl methyl sites for hydroxylation is 2. The van der Waals surface area contributed by atoms with Crippen LogP contribution in [0.2, 0.25) is 0 Å². The van der Waals surface area contributed by atoms with Crippen molar-refractivity contribution in [2.75, 3.05) is 44.3 Å². The van der Waals surface area contributed by atoms with E-state index in [1.807, 2.05) is 6.92 Å². The molecule has 0 saturated carbocycles. The number of fused-ring (bicyclic) bond motifs is 1. The molecule has 0 radical (unpaired) electrons. The van der Waals surface area contributed by atoms with Gasteiger partial charge in [0.25, 0.3) is 0 Å². The van der Waals surface area contributed by atoms with Crippen molar-refractivity contribution in [2.45, 2.75) is 26.8 Å². The smallest absolute Gasteiger partial charge is 0.205 e. The van der Waals surface area contributed by atoms with E-state index in [0.29, 0.717) is 0 Å². The average Bonchev–Trinajstić information content (AvgIpc) is 3.08. The van der Waals surface area contributed by atoms with Gasteiger partial charge in [0, 0.05) is 52.1 Å². The summed E-state index contributed by atoms with van der Waals surface area (Å²) in [7, 11) is 0. The zero-order valence-electron chi connectivity index (χ0n) is 12.6. The van der Waals surface area contributed by atoms with Crippen molar-refractivity contribution in [3.05, 3.63) is 11.9 Å². The van der Waals surface area contributed by atoms with Crippen molar-refractivity contribution in [2.24, 2.45) is 11.8 Å². The Morgan fingerprint density at radius 3 is 2.80 bits per heavy atom. The lowest BCUT2D eigenvalue weighted by Gasteiger charge is -2.20. The summed E-state index contributed by atoms with van der Waals surface area (Å²) in [4.78, 5) is 7.22. The van der Waals surface area contributed by atoms with Gasteiger partial charge in [-0.3, -0.25) is 0 Å². The van der Waals surface area contributed by atoms with Crippen molar-refractivity contribution in [1.29, 1.82) is 0 Å². The van der Waals surface area contributed by atoms with Crippen LogP contribution in [-0.4, -0.2) is 48.9 Å². The third kappa shape index (κ3) is 2.83. The zero-order chi connectivity index (χ0) is 13.9. The third-order valence-electron chi connectivity index (χ3n) is 4.44.